The van der Waals surface area contributed by atoms with E-state index < -0.39 is 0 Å². The van der Waals surface area contributed by atoms with Gasteiger partial charge in [-0.05, 0) is 31.2 Å². The summed E-state index contributed by atoms with van der Waals surface area (Å²) in [5, 5.41) is 12.5. The third kappa shape index (κ3) is 2.84. The Bertz CT molecular complexity index is 389. The van der Waals surface area contributed by atoms with Gasteiger partial charge in [0.25, 0.3) is 5.91 Å². The lowest BCUT2D eigenvalue weighted by Gasteiger charge is -2.15. The van der Waals surface area contributed by atoms with Gasteiger partial charge in [-0.2, -0.15) is 0 Å². The number of carbonyl (C=O) groups excluding carboxylic acids is 1. The molecule has 0 aliphatic carbocycles. The molecule has 1 saturated heterocycles. The summed E-state index contributed by atoms with van der Waals surface area (Å²) >= 11 is 0. The van der Waals surface area contributed by atoms with Crippen LogP contribution in [0.25, 0.3) is 0 Å². The summed E-state index contributed by atoms with van der Waals surface area (Å²) in [5.74, 6) is 0.0116. The number of β-amino-alcohol motifs (C(OH)–C–C–N with tert-alkyl or cyclic N) is 1. The SMILES string of the molecule is CNCc1ccc(C(=O)N2CCC(O)C2)cc1. The van der Waals surface area contributed by atoms with Crippen molar-refractivity contribution in [3.63, 3.8) is 0 Å². The van der Waals surface area contributed by atoms with E-state index in [2.05, 4.69) is 5.32 Å². The molecule has 1 aromatic carbocycles. The highest BCUT2D eigenvalue weighted by molar-refractivity contribution is 5.94. The predicted octanol–water partition coefficient (Wildman–Crippen LogP) is 0.613. The fourth-order valence-corrected chi connectivity index (χ4v) is 2.08. The van der Waals surface area contributed by atoms with E-state index in [1.807, 2.05) is 31.3 Å². The fraction of sp³-hybridized carbons (Fsp3) is 0.462. The zero-order valence-electron chi connectivity index (χ0n) is 10.0. The Labute approximate surface area is 101 Å². The van der Waals surface area contributed by atoms with Gasteiger partial charge < -0.3 is 15.3 Å². The number of aliphatic hydroxyl groups is 1. The monoisotopic (exact) mass is 234 g/mol. The third-order valence-corrected chi connectivity index (χ3v) is 3.03. The molecule has 1 aromatic rings. The van der Waals surface area contributed by atoms with Crippen molar-refractivity contribution in [3.8, 4) is 0 Å². The van der Waals surface area contributed by atoms with Crippen LogP contribution in [0.2, 0.25) is 0 Å². The first-order valence-electron chi connectivity index (χ1n) is 5.91. The molecule has 4 heteroatoms. The molecule has 0 bridgehead atoms. The van der Waals surface area contributed by atoms with E-state index in [0.29, 0.717) is 25.1 Å². The summed E-state index contributed by atoms with van der Waals surface area (Å²) in [4.78, 5) is 13.8. The van der Waals surface area contributed by atoms with E-state index in [1.165, 1.54) is 0 Å². The molecule has 2 N–H and O–H groups in total. The molecule has 1 amide bonds. The van der Waals surface area contributed by atoms with Crippen LogP contribution in [0.3, 0.4) is 0 Å². The van der Waals surface area contributed by atoms with Crippen molar-refractivity contribution in [1.29, 1.82) is 0 Å². The Morgan fingerprint density at radius 1 is 1.47 bits per heavy atom. The molecule has 2 rings (SSSR count). The molecule has 1 aliphatic heterocycles. The predicted molar refractivity (Wildman–Crippen MR) is 65.7 cm³/mol. The molecule has 1 atom stereocenters. The van der Waals surface area contributed by atoms with Gasteiger partial charge in [0, 0.05) is 25.2 Å². The maximum Gasteiger partial charge on any atom is 0.253 e. The highest BCUT2D eigenvalue weighted by Crippen LogP contribution is 2.14. The van der Waals surface area contributed by atoms with E-state index in [1.54, 1.807) is 4.90 Å². The molecule has 0 saturated carbocycles. The topological polar surface area (TPSA) is 52.6 Å². The highest BCUT2D eigenvalue weighted by atomic mass is 16.3. The molecule has 92 valence electrons. The number of hydrogen-bond acceptors (Lipinski definition) is 3. The van der Waals surface area contributed by atoms with E-state index in [0.717, 1.165) is 12.1 Å². The minimum atomic E-state index is -0.359. The van der Waals surface area contributed by atoms with Crippen molar-refractivity contribution in [2.24, 2.45) is 0 Å². The minimum absolute atomic E-state index is 0.0116. The van der Waals surface area contributed by atoms with E-state index in [4.69, 9.17) is 0 Å². The van der Waals surface area contributed by atoms with Crippen LogP contribution in [0.15, 0.2) is 24.3 Å². The Balaban J connectivity index is 2.04. The van der Waals surface area contributed by atoms with Gasteiger partial charge in [0.1, 0.15) is 0 Å². The van der Waals surface area contributed by atoms with Crippen molar-refractivity contribution in [3.05, 3.63) is 35.4 Å². The van der Waals surface area contributed by atoms with Gasteiger partial charge in [0.05, 0.1) is 6.10 Å². The molecule has 1 heterocycles. The zero-order chi connectivity index (χ0) is 12.3. The number of nitrogens with one attached hydrogen (secondary N) is 1. The lowest BCUT2D eigenvalue weighted by atomic mass is 10.1. The maximum atomic E-state index is 12.1. The lowest BCUT2D eigenvalue weighted by Crippen LogP contribution is -2.29. The number of likely N-dealkylation sites (tertiary alicyclic amines) is 1. The maximum absolute atomic E-state index is 12.1. The molecule has 1 aliphatic rings. The molecule has 0 spiro atoms. The number of hydrogen-bond donors (Lipinski definition) is 2. The average molecular weight is 234 g/mol. The van der Waals surface area contributed by atoms with E-state index >= 15 is 0 Å². The van der Waals surface area contributed by atoms with Crippen LogP contribution in [0.4, 0.5) is 0 Å². The first-order valence-corrected chi connectivity index (χ1v) is 5.91. The summed E-state index contributed by atoms with van der Waals surface area (Å²) < 4.78 is 0. The van der Waals surface area contributed by atoms with Crippen molar-refractivity contribution in [2.75, 3.05) is 20.1 Å². The molecule has 1 unspecified atom stereocenters. The van der Waals surface area contributed by atoms with Crippen LogP contribution in [-0.2, 0) is 6.54 Å². The third-order valence-electron chi connectivity index (χ3n) is 3.03. The number of nitrogens with zero attached hydrogens (tertiary/aromatic N) is 1. The van der Waals surface area contributed by atoms with Crippen molar-refractivity contribution in [1.82, 2.24) is 10.2 Å². The Hall–Kier alpha value is -1.39. The first kappa shape index (κ1) is 12.1. The van der Waals surface area contributed by atoms with Gasteiger partial charge in [-0.3, -0.25) is 4.79 Å². The second kappa shape index (κ2) is 5.29. The van der Waals surface area contributed by atoms with Gasteiger partial charge >= 0.3 is 0 Å². The second-order valence-corrected chi connectivity index (χ2v) is 4.42. The summed E-state index contributed by atoms with van der Waals surface area (Å²) in [6.45, 7) is 1.91. The van der Waals surface area contributed by atoms with Gasteiger partial charge in [0.15, 0.2) is 0 Å². The summed E-state index contributed by atoms with van der Waals surface area (Å²) in [6, 6.07) is 7.60. The molecular formula is C13H18N2O2. The van der Waals surface area contributed by atoms with E-state index in [9.17, 15) is 9.90 Å². The molecule has 0 aromatic heterocycles. The van der Waals surface area contributed by atoms with Gasteiger partial charge in [-0.25, -0.2) is 0 Å². The number of benzene rings is 1. The number of amides is 1. The standard InChI is InChI=1S/C13H18N2O2/c1-14-8-10-2-4-11(5-3-10)13(17)15-7-6-12(16)9-15/h2-5,12,14,16H,6-9H2,1H3. The lowest BCUT2D eigenvalue weighted by molar-refractivity contribution is 0.0765. The minimum Gasteiger partial charge on any atom is -0.391 e. The molecule has 0 radical (unpaired) electrons. The van der Waals surface area contributed by atoms with Gasteiger partial charge in [-0.1, -0.05) is 12.1 Å². The van der Waals surface area contributed by atoms with Crippen LogP contribution in [-0.4, -0.2) is 42.2 Å². The van der Waals surface area contributed by atoms with Crippen LogP contribution in [0.5, 0.6) is 0 Å². The van der Waals surface area contributed by atoms with Gasteiger partial charge in [-0.15, -0.1) is 0 Å². The zero-order valence-corrected chi connectivity index (χ0v) is 10.0. The van der Waals surface area contributed by atoms with Crippen LogP contribution >= 0.6 is 0 Å². The molecule has 4 nitrogen and oxygen atoms in total. The summed E-state index contributed by atoms with van der Waals surface area (Å²) in [7, 11) is 1.89. The van der Waals surface area contributed by atoms with Crippen LogP contribution in [0.1, 0.15) is 22.3 Å². The van der Waals surface area contributed by atoms with Crippen molar-refractivity contribution in [2.45, 2.75) is 19.1 Å². The van der Waals surface area contributed by atoms with Crippen LogP contribution in [0, 0.1) is 0 Å². The quantitative estimate of drug-likeness (QED) is 0.806. The Morgan fingerprint density at radius 2 is 2.18 bits per heavy atom. The Kier molecular flexibility index (Phi) is 3.76. The number of aliphatic hydroxyl groups excluding tert-OH is 1. The summed E-state index contributed by atoms with van der Waals surface area (Å²) in [6.07, 6.45) is 0.325. The normalized spacial score (nSPS) is 19.6. The molecule has 17 heavy (non-hydrogen) atoms. The summed E-state index contributed by atoms with van der Waals surface area (Å²) in [5.41, 5.74) is 1.85. The first-order chi connectivity index (χ1) is 8.20. The van der Waals surface area contributed by atoms with Gasteiger partial charge in [0.2, 0.25) is 0 Å². The van der Waals surface area contributed by atoms with Crippen molar-refractivity contribution < 1.29 is 9.90 Å². The second-order valence-electron chi connectivity index (χ2n) is 4.42. The van der Waals surface area contributed by atoms with E-state index in [-0.39, 0.29) is 12.0 Å². The molecular weight excluding hydrogens is 216 g/mol. The smallest absolute Gasteiger partial charge is 0.253 e. The molecule has 1 fully saturated rings. The average Bonchev–Trinajstić information content (AvgIpc) is 2.76. The number of carbonyl (C=O) groups is 1. The fourth-order valence-electron chi connectivity index (χ4n) is 2.08. The van der Waals surface area contributed by atoms with Crippen LogP contribution < -0.4 is 5.32 Å². The Morgan fingerprint density at radius 3 is 2.71 bits per heavy atom. The largest absolute Gasteiger partial charge is 0.391 e. The highest BCUT2D eigenvalue weighted by Gasteiger charge is 2.25. The van der Waals surface area contributed by atoms with Crippen molar-refractivity contribution >= 4 is 5.91 Å². The number of rotatable bonds is 3.